The van der Waals surface area contributed by atoms with Gasteiger partial charge in [-0.1, -0.05) is 12.1 Å². The minimum Gasteiger partial charge on any atom is -0.371 e. The van der Waals surface area contributed by atoms with Crippen molar-refractivity contribution in [2.45, 2.75) is 63.8 Å². The Kier molecular flexibility index (Phi) is 9.93. The number of piperidine rings is 1. The zero-order chi connectivity index (χ0) is 40.1. The molecule has 17 heteroatoms. The summed E-state index contributed by atoms with van der Waals surface area (Å²) < 4.78 is 32.8. The largest absolute Gasteiger partial charge is 0.371 e. The molecule has 2 saturated heterocycles. The number of halogens is 2. The van der Waals surface area contributed by atoms with Gasteiger partial charge in [-0.25, -0.2) is 28.5 Å². The molecule has 0 bridgehead atoms. The lowest BCUT2D eigenvalue weighted by Crippen LogP contribution is -2.50. The second-order valence-electron chi connectivity index (χ2n) is 15.1. The molecule has 298 valence electrons. The van der Waals surface area contributed by atoms with Crippen molar-refractivity contribution in [3.8, 4) is 11.1 Å². The van der Waals surface area contributed by atoms with E-state index in [4.69, 9.17) is 0 Å². The first-order chi connectivity index (χ1) is 28.1. The molecule has 1 unspecified atom stereocenters. The Morgan fingerprint density at radius 3 is 2.55 bits per heavy atom. The molecule has 5 amide bonds. The summed E-state index contributed by atoms with van der Waals surface area (Å²) in [5.74, 6) is -1.89. The van der Waals surface area contributed by atoms with E-state index in [0.717, 1.165) is 68.5 Å². The van der Waals surface area contributed by atoms with Crippen LogP contribution in [-0.2, 0) is 35.6 Å². The molecule has 14 nitrogen and oxygen atoms in total. The maximum Gasteiger partial charge on any atom is 0.329 e. The summed E-state index contributed by atoms with van der Waals surface area (Å²) in [6, 6.07) is 11.1. The van der Waals surface area contributed by atoms with Gasteiger partial charge in [0.15, 0.2) is 11.2 Å². The first-order valence-corrected chi connectivity index (χ1v) is 20.2. The summed E-state index contributed by atoms with van der Waals surface area (Å²) in [6.45, 7) is 2.79. The smallest absolute Gasteiger partial charge is 0.329 e. The maximum absolute atomic E-state index is 15.9. The number of aryl methyl sites for hydroxylation is 1. The third kappa shape index (κ3) is 7.08. The Bertz CT molecular complexity index is 2420. The van der Waals surface area contributed by atoms with E-state index in [1.54, 1.807) is 30.0 Å². The van der Waals surface area contributed by atoms with Crippen LogP contribution in [-0.4, -0.2) is 85.8 Å². The fourth-order valence-electron chi connectivity index (χ4n) is 8.51. The quantitative estimate of drug-likeness (QED) is 0.187. The molecule has 58 heavy (non-hydrogen) atoms. The first kappa shape index (κ1) is 37.5. The highest BCUT2D eigenvalue weighted by Gasteiger charge is 2.42. The van der Waals surface area contributed by atoms with Gasteiger partial charge in [-0.3, -0.25) is 34.8 Å². The molecule has 3 aromatic heterocycles. The second-order valence-corrected chi connectivity index (χ2v) is 16.0. The zero-order valence-corrected chi connectivity index (χ0v) is 32.5. The Hall–Kier alpha value is -6.07. The average Bonchev–Trinajstić information content (AvgIpc) is 4.04. The highest BCUT2D eigenvalue weighted by Crippen LogP contribution is 2.38. The number of pyridine rings is 1. The molecular weight excluding hydrogens is 767 g/mol. The maximum atomic E-state index is 15.9. The topological polar surface area (TPSA) is 149 Å². The Balaban J connectivity index is 0.860. The molecule has 4 aliphatic heterocycles. The van der Waals surface area contributed by atoms with E-state index in [0.29, 0.717) is 34.3 Å². The third-order valence-corrected chi connectivity index (χ3v) is 12.3. The summed E-state index contributed by atoms with van der Waals surface area (Å²) in [5.41, 5.74) is 4.63. The van der Waals surface area contributed by atoms with Gasteiger partial charge >= 0.3 is 6.03 Å². The van der Waals surface area contributed by atoms with Gasteiger partial charge < -0.3 is 14.4 Å². The average molecular weight is 807 g/mol. The summed E-state index contributed by atoms with van der Waals surface area (Å²) in [7, 11) is 1.96. The number of anilines is 3. The number of hydrogen-bond acceptors (Lipinski definition) is 10. The van der Waals surface area contributed by atoms with Crippen molar-refractivity contribution in [1.29, 1.82) is 0 Å². The number of carbonyl (C=O) groups excluding carboxylic acids is 4. The zero-order valence-electron chi connectivity index (χ0n) is 31.7. The molecule has 2 N–H and O–H groups in total. The van der Waals surface area contributed by atoms with Crippen molar-refractivity contribution < 1.29 is 28.0 Å². The van der Waals surface area contributed by atoms with Gasteiger partial charge in [0.2, 0.25) is 5.91 Å². The number of amides is 5. The highest BCUT2D eigenvalue weighted by molar-refractivity contribution is 7.13. The minimum atomic E-state index is -1.06. The van der Waals surface area contributed by atoms with Gasteiger partial charge in [-0.2, -0.15) is 0 Å². The minimum absolute atomic E-state index is 0.0638. The van der Waals surface area contributed by atoms with Crippen LogP contribution in [0.5, 0.6) is 0 Å². The number of carbonyl (C=O) groups is 4. The number of aromatic nitrogens is 4. The van der Waals surface area contributed by atoms with Crippen LogP contribution in [0.1, 0.15) is 64.6 Å². The molecule has 0 radical (unpaired) electrons. The fourth-order valence-corrected chi connectivity index (χ4v) is 9.04. The number of nitrogens with zero attached hydrogens (tertiary/aromatic N) is 8. The highest BCUT2D eigenvalue weighted by atomic mass is 32.1. The first-order valence-electron chi connectivity index (χ1n) is 19.3. The molecule has 2 fully saturated rings. The lowest BCUT2D eigenvalue weighted by Gasteiger charge is -2.38. The monoisotopic (exact) mass is 806 g/mol. The van der Waals surface area contributed by atoms with Gasteiger partial charge in [-0.15, -0.1) is 11.3 Å². The van der Waals surface area contributed by atoms with E-state index in [-0.39, 0.29) is 42.6 Å². The summed E-state index contributed by atoms with van der Waals surface area (Å²) >= 11 is 1.27. The summed E-state index contributed by atoms with van der Waals surface area (Å²) in [6.07, 6.45) is 7.89. The van der Waals surface area contributed by atoms with Gasteiger partial charge in [0.05, 0.1) is 24.8 Å². The van der Waals surface area contributed by atoms with E-state index < -0.39 is 35.5 Å². The molecule has 2 aromatic carbocycles. The predicted octanol–water partition coefficient (Wildman–Crippen LogP) is 5.51. The van der Waals surface area contributed by atoms with Gasteiger partial charge in [0, 0.05) is 84.8 Å². The molecule has 5 aromatic rings. The van der Waals surface area contributed by atoms with Crippen molar-refractivity contribution in [2.24, 2.45) is 0 Å². The van der Waals surface area contributed by atoms with Crippen molar-refractivity contribution in [3.05, 3.63) is 106 Å². The van der Waals surface area contributed by atoms with Crippen molar-refractivity contribution in [2.75, 3.05) is 41.8 Å². The predicted molar refractivity (Wildman–Crippen MR) is 212 cm³/mol. The van der Waals surface area contributed by atoms with Crippen LogP contribution < -0.4 is 20.4 Å². The molecule has 1 atom stereocenters. The number of imide groups is 1. The number of nitrogens with one attached hydrogen (secondary N) is 2. The van der Waals surface area contributed by atoms with E-state index >= 15 is 4.39 Å². The number of urea groups is 1. The molecule has 0 spiro atoms. The number of rotatable bonds is 10. The molecule has 4 aliphatic rings. The van der Waals surface area contributed by atoms with Crippen LogP contribution in [0.4, 0.5) is 30.2 Å². The molecule has 0 saturated carbocycles. The Morgan fingerprint density at radius 1 is 0.983 bits per heavy atom. The van der Waals surface area contributed by atoms with Gasteiger partial charge in [-0.05, 0) is 74.2 Å². The number of benzene rings is 2. The van der Waals surface area contributed by atoms with Gasteiger partial charge in [0.1, 0.15) is 17.5 Å². The van der Waals surface area contributed by atoms with Crippen molar-refractivity contribution in [1.82, 2.24) is 34.6 Å². The summed E-state index contributed by atoms with van der Waals surface area (Å²) in [5, 5.41) is 7.26. The van der Waals surface area contributed by atoms with E-state index in [1.807, 2.05) is 35.9 Å². The Labute approximate surface area is 336 Å². The molecule has 7 heterocycles. The Morgan fingerprint density at radius 2 is 1.79 bits per heavy atom. The van der Waals surface area contributed by atoms with Crippen LogP contribution in [0.3, 0.4) is 0 Å². The lowest BCUT2D eigenvalue weighted by atomic mass is 9.98. The van der Waals surface area contributed by atoms with Crippen LogP contribution in [0, 0.1) is 11.6 Å². The number of thiazole rings is 1. The lowest BCUT2D eigenvalue weighted by molar-refractivity contribution is -0.121. The van der Waals surface area contributed by atoms with E-state index in [1.165, 1.54) is 27.2 Å². The normalized spacial score (nSPS) is 17.5. The van der Waals surface area contributed by atoms with E-state index in [2.05, 4.69) is 35.4 Å². The SMILES string of the molecule is CN(Cc1cc(N2CCC(=O)NC2=O)ncc1F)C1CCN(c2ccc(-c3cc(F)c4c(c3)C(=O)N(C(C(=O)Nc3nccs3)c3ncn5c3CCC5)C4)cc2)CC1. The molecule has 9 rings (SSSR count). The standard InChI is InChI=1S/C41H40F2N10O4S/c1-49(21-26-19-34(45-20-32(26)43)52-15-10-35(54)47-41(52)57)27-8-13-50(14-9-27)28-6-4-24(5-7-28)25-17-29-30(31(42)18-25)22-53(39(29)56)37(38(55)48-40-44-11-16-58-40)36-33-3-2-12-51(33)23-46-36/h4-7,11,16-20,23,27,37H,2-3,8-10,12-15,21-22H2,1H3,(H,44,48,55)(H,47,54,57). The molecule has 0 aliphatic carbocycles. The fraction of sp³-hybridized carbons (Fsp3) is 0.341. The van der Waals surface area contributed by atoms with Crippen LogP contribution in [0.15, 0.2) is 66.6 Å². The van der Waals surface area contributed by atoms with Crippen molar-refractivity contribution in [3.63, 3.8) is 0 Å². The number of imidazole rings is 1. The van der Waals surface area contributed by atoms with Crippen LogP contribution in [0.25, 0.3) is 11.1 Å². The molecular formula is C41H40F2N10O4S. The second kappa shape index (κ2) is 15.4. The van der Waals surface area contributed by atoms with Crippen LogP contribution in [0.2, 0.25) is 0 Å². The number of fused-ring (bicyclic) bond motifs is 2. The van der Waals surface area contributed by atoms with Crippen LogP contribution >= 0.6 is 11.3 Å². The van der Waals surface area contributed by atoms with Gasteiger partial charge in [0.25, 0.3) is 11.8 Å². The number of hydrogen-bond donors (Lipinski definition) is 2. The van der Waals surface area contributed by atoms with Crippen molar-refractivity contribution >= 4 is 51.7 Å². The summed E-state index contributed by atoms with van der Waals surface area (Å²) in [4.78, 5) is 71.8. The third-order valence-electron chi connectivity index (χ3n) is 11.6. The van der Waals surface area contributed by atoms with E-state index in [9.17, 15) is 23.6 Å².